The number of sulfonamides is 1. The van der Waals surface area contributed by atoms with Crippen molar-refractivity contribution in [2.24, 2.45) is 5.41 Å². The topological polar surface area (TPSA) is 64.6 Å². The van der Waals surface area contributed by atoms with Gasteiger partial charge in [0.25, 0.3) is 0 Å². The third-order valence-electron chi connectivity index (χ3n) is 3.40. The Morgan fingerprint density at radius 1 is 1.15 bits per heavy atom. The van der Waals surface area contributed by atoms with Crippen LogP contribution in [0, 0.1) is 17.3 Å². The second kappa shape index (κ2) is 9.05. The van der Waals surface area contributed by atoms with Crippen molar-refractivity contribution in [1.29, 1.82) is 0 Å². The molecule has 0 bridgehead atoms. The van der Waals surface area contributed by atoms with E-state index in [9.17, 15) is 8.42 Å². The highest BCUT2D eigenvalue weighted by Crippen LogP contribution is 2.26. The summed E-state index contributed by atoms with van der Waals surface area (Å²) in [5.41, 5.74) is -0.969. The van der Waals surface area contributed by atoms with Crippen LogP contribution in [0.3, 0.4) is 0 Å². The minimum absolute atomic E-state index is 0.129. The van der Waals surface area contributed by atoms with E-state index in [-0.39, 0.29) is 16.6 Å². The van der Waals surface area contributed by atoms with Crippen LogP contribution in [-0.4, -0.2) is 31.7 Å². The summed E-state index contributed by atoms with van der Waals surface area (Å²) in [4.78, 5) is 0.129. The van der Waals surface area contributed by atoms with Crippen molar-refractivity contribution < 1.29 is 17.9 Å². The Morgan fingerprint density at radius 3 is 2.15 bits per heavy atom. The highest BCUT2D eigenvalue weighted by atomic mass is 32.2. The fraction of sp³-hybridized carbons (Fsp3) is 0.550. The molecule has 1 atom stereocenters. The van der Waals surface area contributed by atoms with Crippen molar-refractivity contribution in [1.82, 2.24) is 4.72 Å². The standard InChI is InChI=1S/C20H29NO4S2/c1-8-9-14-24-15-10-12-16(13-11-15)27(22,23)21-17(19(2,3)4)18(26)25-20(5,6)7/h10-13,17,21H,14H2,1-7H3. The summed E-state index contributed by atoms with van der Waals surface area (Å²) in [6, 6.07) is 5.52. The number of ether oxygens (including phenoxy) is 2. The lowest BCUT2D eigenvalue weighted by atomic mass is 9.88. The number of rotatable bonds is 6. The number of nitrogens with one attached hydrogen (secondary N) is 1. The third kappa shape index (κ3) is 7.87. The summed E-state index contributed by atoms with van der Waals surface area (Å²) < 4.78 is 39.5. The molecule has 0 aliphatic rings. The van der Waals surface area contributed by atoms with E-state index in [1.807, 2.05) is 41.5 Å². The lowest BCUT2D eigenvalue weighted by Crippen LogP contribution is -2.50. The van der Waals surface area contributed by atoms with Gasteiger partial charge in [-0.2, -0.15) is 4.72 Å². The zero-order valence-electron chi connectivity index (χ0n) is 17.0. The zero-order chi connectivity index (χ0) is 20.9. The molecular weight excluding hydrogens is 382 g/mol. The summed E-state index contributed by atoms with van der Waals surface area (Å²) in [6.07, 6.45) is 0. The van der Waals surface area contributed by atoms with Crippen LogP contribution in [0.4, 0.5) is 0 Å². The first-order valence-electron chi connectivity index (χ1n) is 8.64. The highest BCUT2D eigenvalue weighted by Gasteiger charge is 2.35. The monoisotopic (exact) mass is 411 g/mol. The predicted octanol–water partition coefficient (Wildman–Crippen LogP) is 3.92. The van der Waals surface area contributed by atoms with E-state index in [0.717, 1.165) is 0 Å². The van der Waals surface area contributed by atoms with Gasteiger partial charge >= 0.3 is 0 Å². The molecule has 150 valence electrons. The van der Waals surface area contributed by atoms with Crippen LogP contribution in [0.1, 0.15) is 48.5 Å². The molecule has 0 heterocycles. The maximum atomic E-state index is 12.8. The maximum Gasteiger partial charge on any atom is 0.241 e. The summed E-state index contributed by atoms with van der Waals surface area (Å²) in [6.45, 7) is 13.3. The van der Waals surface area contributed by atoms with E-state index in [4.69, 9.17) is 21.7 Å². The number of thiocarbonyl (C=S) groups is 1. The molecule has 5 nitrogen and oxygen atoms in total. The van der Waals surface area contributed by atoms with E-state index >= 15 is 0 Å². The van der Waals surface area contributed by atoms with E-state index < -0.39 is 27.1 Å². The lowest BCUT2D eigenvalue weighted by molar-refractivity contribution is 0.107. The molecule has 1 unspecified atom stereocenters. The minimum Gasteiger partial charge on any atom is -0.481 e. The number of hydrogen-bond donors (Lipinski definition) is 1. The van der Waals surface area contributed by atoms with Gasteiger partial charge in [-0.05, 0) is 69.6 Å². The molecule has 0 saturated heterocycles. The molecular formula is C20H29NO4S2. The molecule has 27 heavy (non-hydrogen) atoms. The number of benzene rings is 1. The van der Waals surface area contributed by atoms with Crippen molar-refractivity contribution in [2.45, 2.75) is 65.0 Å². The van der Waals surface area contributed by atoms with Crippen molar-refractivity contribution in [3.8, 4) is 17.6 Å². The quantitative estimate of drug-likeness (QED) is 0.568. The molecule has 0 aliphatic heterocycles. The molecule has 0 radical (unpaired) electrons. The fourth-order valence-corrected chi connectivity index (χ4v) is 4.21. The van der Waals surface area contributed by atoms with Gasteiger partial charge in [0.05, 0.1) is 10.9 Å². The molecule has 0 fully saturated rings. The second-order valence-electron chi connectivity index (χ2n) is 8.14. The van der Waals surface area contributed by atoms with Gasteiger partial charge in [-0.1, -0.05) is 26.7 Å². The Labute approximate surface area is 168 Å². The molecule has 0 aromatic heterocycles. The van der Waals surface area contributed by atoms with Crippen molar-refractivity contribution in [3.63, 3.8) is 0 Å². The molecule has 1 aromatic carbocycles. The Bertz CT molecular complexity index is 805. The van der Waals surface area contributed by atoms with Gasteiger partial charge in [0.1, 0.15) is 18.0 Å². The van der Waals surface area contributed by atoms with Crippen molar-refractivity contribution in [3.05, 3.63) is 24.3 Å². The molecule has 1 aromatic rings. The van der Waals surface area contributed by atoms with E-state index in [1.54, 1.807) is 19.1 Å². The first-order chi connectivity index (χ1) is 12.3. The maximum absolute atomic E-state index is 12.8. The lowest BCUT2D eigenvalue weighted by Gasteiger charge is -2.34. The van der Waals surface area contributed by atoms with Crippen molar-refractivity contribution in [2.75, 3.05) is 6.61 Å². The van der Waals surface area contributed by atoms with Gasteiger partial charge in [0, 0.05) is 0 Å². The molecule has 7 heteroatoms. The van der Waals surface area contributed by atoms with Crippen LogP contribution >= 0.6 is 12.2 Å². The van der Waals surface area contributed by atoms with Crippen LogP contribution in [0.2, 0.25) is 0 Å². The molecule has 0 spiro atoms. The van der Waals surface area contributed by atoms with Crippen LogP contribution in [0.25, 0.3) is 0 Å². The largest absolute Gasteiger partial charge is 0.481 e. The molecule has 1 N–H and O–H groups in total. The summed E-state index contributed by atoms with van der Waals surface area (Å²) in [7, 11) is -3.79. The first kappa shape index (κ1) is 23.4. The first-order valence-corrected chi connectivity index (χ1v) is 10.5. The molecule has 0 saturated carbocycles. The third-order valence-corrected chi connectivity index (χ3v) is 5.16. The molecule has 1 rings (SSSR count). The van der Waals surface area contributed by atoms with Crippen LogP contribution in [0.5, 0.6) is 5.75 Å². The highest BCUT2D eigenvalue weighted by molar-refractivity contribution is 7.89. The SMILES string of the molecule is CC#CCOc1ccc(S(=O)(=O)NC(C(=S)OC(C)(C)C)C(C)(C)C)cc1. The smallest absolute Gasteiger partial charge is 0.241 e. The Balaban J connectivity index is 3.02. The van der Waals surface area contributed by atoms with Gasteiger partial charge in [-0.25, -0.2) is 8.42 Å². The average molecular weight is 412 g/mol. The van der Waals surface area contributed by atoms with E-state index in [1.165, 1.54) is 12.1 Å². The molecule has 0 amide bonds. The normalized spacial score (nSPS) is 13.3. The Morgan fingerprint density at radius 2 is 1.70 bits per heavy atom. The number of hydrogen-bond acceptors (Lipinski definition) is 5. The summed E-state index contributed by atoms with van der Waals surface area (Å²) in [5, 5.41) is 0.219. The zero-order valence-corrected chi connectivity index (χ0v) is 18.7. The van der Waals surface area contributed by atoms with Crippen LogP contribution < -0.4 is 9.46 Å². The van der Waals surface area contributed by atoms with Crippen LogP contribution in [-0.2, 0) is 14.8 Å². The van der Waals surface area contributed by atoms with Gasteiger partial charge < -0.3 is 9.47 Å². The average Bonchev–Trinajstić information content (AvgIpc) is 2.51. The summed E-state index contributed by atoms with van der Waals surface area (Å²) >= 11 is 5.39. The van der Waals surface area contributed by atoms with Gasteiger partial charge in [0.15, 0.2) is 5.05 Å². The van der Waals surface area contributed by atoms with Gasteiger partial charge in [0.2, 0.25) is 10.0 Å². The Kier molecular flexibility index (Phi) is 7.85. The van der Waals surface area contributed by atoms with E-state index in [2.05, 4.69) is 16.6 Å². The second-order valence-corrected chi connectivity index (χ2v) is 10.3. The molecule has 0 aliphatic carbocycles. The fourth-order valence-electron chi connectivity index (χ4n) is 2.07. The van der Waals surface area contributed by atoms with Crippen LogP contribution in [0.15, 0.2) is 29.2 Å². The van der Waals surface area contributed by atoms with Crippen molar-refractivity contribution >= 4 is 27.3 Å². The summed E-state index contributed by atoms with van der Waals surface area (Å²) in [5.74, 6) is 6.07. The predicted molar refractivity (Wildman–Crippen MR) is 112 cm³/mol. The van der Waals surface area contributed by atoms with Gasteiger partial charge in [-0.15, -0.1) is 5.92 Å². The van der Waals surface area contributed by atoms with E-state index in [0.29, 0.717) is 5.75 Å². The Hall–Kier alpha value is -1.62. The minimum atomic E-state index is -3.79. The van der Waals surface area contributed by atoms with Gasteiger partial charge in [-0.3, -0.25) is 0 Å².